The summed E-state index contributed by atoms with van der Waals surface area (Å²) in [6, 6.07) is 5.30. The summed E-state index contributed by atoms with van der Waals surface area (Å²) in [5.74, 6) is 0.337. The van der Waals surface area contributed by atoms with Crippen LogP contribution in [0.15, 0.2) is 18.2 Å². The van der Waals surface area contributed by atoms with Gasteiger partial charge in [0.05, 0.1) is 5.02 Å². The predicted octanol–water partition coefficient (Wildman–Crippen LogP) is 4.96. The molecule has 1 rings (SSSR count). The Morgan fingerprint density at radius 2 is 1.89 bits per heavy atom. The van der Waals surface area contributed by atoms with Gasteiger partial charge in [-0.25, -0.2) is 4.39 Å². The highest BCUT2D eigenvalue weighted by atomic mass is 35.5. The summed E-state index contributed by atoms with van der Waals surface area (Å²) in [7, 11) is 0. The Bertz CT molecular complexity index is 364. The fourth-order valence-electron chi connectivity index (χ4n) is 2.31. The number of halogens is 2. The summed E-state index contributed by atoms with van der Waals surface area (Å²) in [4.78, 5) is 0. The highest BCUT2D eigenvalue weighted by Gasteiger charge is 2.19. The molecule has 1 aromatic rings. The molecule has 0 radical (unpaired) electrons. The molecule has 1 unspecified atom stereocenters. The van der Waals surface area contributed by atoms with Crippen LogP contribution in [0.25, 0.3) is 0 Å². The molecular weight excluding hydrogens is 249 g/mol. The maximum absolute atomic E-state index is 14.1. The van der Waals surface area contributed by atoms with Gasteiger partial charge in [-0.2, -0.15) is 0 Å². The van der Waals surface area contributed by atoms with E-state index in [1.807, 2.05) is 19.1 Å². The lowest BCUT2D eigenvalue weighted by molar-refractivity contribution is 0.368. The molecule has 0 bridgehead atoms. The Labute approximate surface area is 115 Å². The van der Waals surface area contributed by atoms with Crippen molar-refractivity contribution in [2.24, 2.45) is 5.92 Å². The first-order chi connectivity index (χ1) is 8.63. The average Bonchev–Trinajstić information content (AvgIpc) is 2.38. The van der Waals surface area contributed by atoms with Gasteiger partial charge < -0.3 is 5.32 Å². The lowest BCUT2D eigenvalue weighted by Crippen LogP contribution is -2.24. The molecule has 0 amide bonds. The van der Waals surface area contributed by atoms with Crippen LogP contribution in [-0.2, 0) is 0 Å². The van der Waals surface area contributed by atoms with Crippen molar-refractivity contribution in [2.45, 2.75) is 46.1 Å². The quantitative estimate of drug-likeness (QED) is 0.739. The number of hydrogen-bond donors (Lipinski definition) is 1. The summed E-state index contributed by atoms with van der Waals surface area (Å²) in [5, 5.41) is 3.58. The molecule has 0 saturated heterocycles. The van der Waals surface area contributed by atoms with E-state index in [0.29, 0.717) is 11.5 Å². The third-order valence-corrected chi connectivity index (χ3v) is 3.82. The van der Waals surface area contributed by atoms with Crippen molar-refractivity contribution in [1.29, 1.82) is 0 Å². The second-order valence-corrected chi connectivity index (χ2v) is 5.08. The van der Waals surface area contributed by atoms with Crippen LogP contribution in [-0.4, -0.2) is 6.54 Å². The molecule has 0 fully saturated rings. The molecule has 0 aliphatic heterocycles. The van der Waals surface area contributed by atoms with Crippen molar-refractivity contribution < 1.29 is 4.39 Å². The minimum absolute atomic E-state index is 0.0543. The van der Waals surface area contributed by atoms with Crippen molar-refractivity contribution in [2.75, 3.05) is 6.54 Å². The van der Waals surface area contributed by atoms with Crippen LogP contribution < -0.4 is 5.32 Å². The molecule has 0 aliphatic rings. The molecule has 1 aromatic carbocycles. The number of hydrogen-bond acceptors (Lipinski definition) is 1. The van der Waals surface area contributed by atoms with Crippen LogP contribution in [0.5, 0.6) is 0 Å². The SMILES string of the molecule is CCNC(CC(CC)CC)c1cccc(Cl)c1F. The van der Waals surface area contributed by atoms with Crippen LogP contribution in [0, 0.1) is 11.7 Å². The fraction of sp³-hybridized carbons (Fsp3) is 0.600. The van der Waals surface area contributed by atoms with Crippen molar-refractivity contribution >= 4 is 11.6 Å². The zero-order chi connectivity index (χ0) is 13.5. The zero-order valence-electron chi connectivity index (χ0n) is 11.5. The summed E-state index contributed by atoms with van der Waals surface area (Å²) in [6.45, 7) is 7.25. The van der Waals surface area contributed by atoms with Gasteiger partial charge in [0, 0.05) is 11.6 Å². The van der Waals surface area contributed by atoms with Gasteiger partial charge in [0.15, 0.2) is 0 Å². The van der Waals surface area contributed by atoms with Crippen molar-refractivity contribution in [3.8, 4) is 0 Å². The lowest BCUT2D eigenvalue weighted by Gasteiger charge is -2.23. The van der Waals surface area contributed by atoms with Gasteiger partial charge in [0.2, 0.25) is 0 Å². The lowest BCUT2D eigenvalue weighted by atomic mass is 9.91. The molecule has 102 valence electrons. The minimum atomic E-state index is -0.281. The van der Waals surface area contributed by atoms with E-state index < -0.39 is 0 Å². The monoisotopic (exact) mass is 271 g/mol. The Morgan fingerprint density at radius 1 is 1.22 bits per heavy atom. The summed E-state index contributed by atoms with van der Waals surface area (Å²) in [5.41, 5.74) is 0.691. The highest BCUT2D eigenvalue weighted by Crippen LogP contribution is 2.29. The van der Waals surface area contributed by atoms with Crippen molar-refractivity contribution in [3.63, 3.8) is 0 Å². The standard InChI is InChI=1S/C15H23ClFN/c1-4-11(5-2)10-14(18-6-3)12-8-7-9-13(16)15(12)17/h7-9,11,14,18H,4-6,10H2,1-3H3. The van der Waals surface area contributed by atoms with Gasteiger partial charge in [0.25, 0.3) is 0 Å². The van der Waals surface area contributed by atoms with E-state index >= 15 is 0 Å². The predicted molar refractivity (Wildman–Crippen MR) is 76.5 cm³/mol. The molecule has 0 aromatic heterocycles. The smallest absolute Gasteiger partial charge is 0.146 e. The molecule has 1 N–H and O–H groups in total. The van der Waals surface area contributed by atoms with Crippen LogP contribution in [0.1, 0.15) is 51.6 Å². The van der Waals surface area contributed by atoms with E-state index in [-0.39, 0.29) is 16.9 Å². The van der Waals surface area contributed by atoms with E-state index in [0.717, 1.165) is 25.8 Å². The van der Waals surface area contributed by atoms with E-state index in [1.165, 1.54) is 0 Å². The van der Waals surface area contributed by atoms with E-state index in [9.17, 15) is 4.39 Å². The number of benzene rings is 1. The van der Waals surface area contributed by atoms with Crippen molar-refractivity contribution in [3.05, 3.63) is 34.6 Å². The fourth-order valence-corrected chi connectivity index (χ4v) is 2.49. The second kappa shape index (κ2) is 7.75. The Kier molecular flexibility index (Phi) is 6.66. The summed E-state index contributed by atoms with van der Waals surface area (Å²) >= 11 is 5.86. The molecule has 0 heterocycles. The van der Waals surface area contributed by atoms with Gasteiger partial charge in [-0.1, -0.05) is 57.3 Å². The normalized spacial score (nSPS) is 13.0. The topological polar surface area (TPSA) is 12.0 Å². The first kappa shape index (κ1) is 15.5. The van der Waals surface area contributed by atoms with Crippen molar-refractivity contribution in [1.82, 2.24) is 5.32 Å². The van der Waals surface area contributed by atoms with Gasteiger partial charge in [-0.3, -0.25) is 0 Å². The molecule has 0 saturated carbocycles. The average molecular weight is 272 g/mol. The molecule has 0 spiro atoms. The molecule has 18 heavy (non-hydrogen) atoms. The van der Waals surface area contributed by atoms with Crippen LogP contribution in [0.4, 0.5) is 4.39 Å². The molecule has 1 atom stereocenters. The third-order valence-electron chi connectivity index (χ3n) is 3.53. The zero-order valence-corrected chi connectivity index (χ0v) is 12.2. The van der Waals surface area contributed by atoms with E-state index in [1.54, 1.807) is 6.07 Å². The van der Waals surface area contributed by atoms with Crippen LogP contribution in [0.2, 0.25) is 5.02 Å². The summed E-state index contributed by atoms with van der Waals surface area (Å²) in [6.07, 6.45) is 3.21. The first-order valence-corrected chi connectivity index (χ1v) is 7.19. The second-order valence-electron chi connectivity index (χ2n) is 4.67. The maximum atomic E-state index is 14.1. The minimum Gasteiger partial charge on any atom is -0.310 e. The summed E-state index contributed by atoms with van der Waals surface area (Å²) < 4.78 is 14.1. The van der Waals surface area contributed by atoms with E-state index in [2.05, 4.69) is 19.2 Å². The first-order valence-electron chi connectivity index (χ1n) is 6.81. The van der Waals surface area contributed by atoms with E-state index in [4.69, 9.17) is 11.6 Å². The van der Waals surface area contributed by atoms with Crippen LogP contribution >= 0.6 is 11.6 Å². The highest BCUT2D eigenvalue weighted by molar-refractivity contribution is 6.30. The van der Waals surface area contributed by atoms with Gasteiger partial charge >= 0.3 is 0 Å². The molecular formula is C15H23ClFN. The Balaban J connectivity index is 2.93. The molecule has 0 aliphatic carbocycles. The van der Waals surface area contributed by atoms with Gasteiger partial charge in [0.1, 0.15) is 5.82 Å². The third kappa shape index (κ3) is 3.96. The molecule has 1 nitrogen and oxygen atoms in total. The maximum Gasteiger partial charge on any atom is 0.146 e. The number of nitrogens with one attached hydrogen (secondary N) is 1. The van der Waals surface area contributed by atoms with Gasteiger partial charge in [-0.15, -0.1) is 0 Å². The largest absolute Gasteiger partial charge is 0.310 e. The van der Waals surface area contributed by atoms with Crippen LogP contribution in [0.3, 0.4) is 0 Å². The van der Waals surface area contributed by atoms with Gasteiger partial charge in [-0.05, 0) is 24.9 Å². The Morgan fingerprint density at radius 3 is 2.44 bits per heavy atom. The Hall–Kier alpha value is -0.600. The molecule has 3 heteroatoms. The number of rotatable bonds is 7.